The molecule has 0 fully saturated rings. The summed E-state index contributed by atoms with van der Waals surface area (Å²) in [7, 11) is 0. The summed E-state index contributed by atoms with van der Waals surface area (Å²) < 4.78 is 38.0. The number of benzene rings is 1. The summed E-state index contributed by atoms with van der Waals surface area (Å²) in [4.78, 5) is 1.19. The summed E-state index contributed by atoms with van der Waals surface area (Å²) in [6.45, 7) is 0.585. The molecule has 102 valence electrons. The number of nitrogens with one attached hydrogen (secondary N) is 1. The third-order valence-corrected chi connectivity index (χ3v) is 3.58. The van der Waals surface area contributed by atoms with Gasteiger partial charge in [0.05, 0.1) is 5.56 Å². The number of nitrogen functional groups attached to an aromatic ring is 1. The number of thiophene rings is 1. The number of anilines is 2. The number of rotatable bonds is 4. The van der Waals surface area contributed by atoms with Crippen LogP contribution >= 0.6 is 11.3 Å². The van der Waals surface area contributed by atoms with E-state index >= 15 is 0 Å². The molecule has 0 atom stereocenters. The predicted molar refractivity (Wildman–Crippen MR) is 72.4 cm³/mol. The quantitative estimate of drug-likeness (QED) is 0.834. The van der Waals surface area contributed by atoms with Gasteiger partial charge in [0.15, 0.2) is 0 Å². The van der Waals surface area contributed by atoms with Crippen molar-refractivity contribution in [3.8, 4) is 0 Å². The molecule has 1 aromatic heterocycles. The van der Waals surface area contributed by atoms with E-state index in [4.69, 9.17) is 5.73 Å². The minimum absolute atomic E-state index is 0.253. The Labute approximate surface area is 113 Å². The first-order valence-corrected chi connectivity index (χ1v) is 6.58. The largest absolute Gasteiger partial charge is 0.418 e. The Morgan fingerprint density at radius 2 is 2.00 bits per heavy atom. The average Bonchev–Trinajstić information content (AvgIpc) is 2.83. The number of nitrogens with two attached hydrogens (primary N) is 1. The molecule has 2 rings (SSSR count). The Balaban J connectivity index is 2.01. The van der Waals surface area contributed by atoms with E-state index in [0.29, 0.717) is 12.2 Å². The van der Waals surface area contributed by atoms with Crippen molar-refractivity contribution in [3.05, 3.63) is 46.2 Å². The fourth-order valence-electron chi connectivity index (χ4n) is 1.70. The van der Waals surface area contributed by atoms with Crippen molar-refractivity contribution in [1.82, 2.24) is 0 Å². The topological polar surface area (TPSA) is 38.0 Å². The Morgan fingerprint density at radius 1 is 1.21 bits per heavy atom. The van der Waals surface area contributed by atoms with Gasteiger partial charge in [-0.15, -0.1) is 11.3 Å². The van der Waals surface area contributed by atoms with Gasteiger partial charge < -0.3 is 11.1 Å². The molecule has 0 saturated heterocycles. The molecule has 2 aromatic rings. The van der Waals surface area contributed by atoms with Crippen molar-refractivity contribution in [2.45, 2.75) is 12.6 Å². The van der Waals surface area contributed by atoms with Crippen LogP contribution < -0.4 is 11.1 Å². The molecule has 19 heavy (non-hydrogen) atoms. The highest BCUT2D eigenvalue weighted by Gasteiger charge is 2.33. The van der Waals surface area contributed by atoms with Gasteiger partial charge in [0.1, 0.15) is 0 Å². The van der Waals surface area contributed by atoms with Crippen molar-refractivity contribution in [2.75, 3.05) is 17.6 Å². The molecule has 0 bridgehead atoms. The van der Waals surface area contributed by atoms with E-state index in [1.54, 1.807) is 17.4 Å². The van der Waals surface area contributed by atoms with E-state index in [1.807, 2.05) is 17.5 Å². The first-order valence-electron chi connectivity index (χ1n) is 5.70. The van der Waals surface area contributed by atoms with Gasteiger partial charge in [0.2, 0.25) is 0 Å². The van der Waals surface area contributed by atoms with Crippen molar-refractivity contribution in [1.29, 1.82) is 0 Å². The third-order valence-electron chi connectivity index (χ3n) is 2.64. The van der Waals surface area contributed by atoms with E-state index in [1.165, 1.54) is 10.9 Å². The standard InChI is InChI=1S/C13H13F3N2S/c14-13(15,16)11-8-9(3-4-12(11)17)18-6-5-10-2-1-7-19-10/h1-4,7-8,18H,5-6,17H2. The smallest absolute Gasteiger partial charge is 0.398 e. The first kappa shape index (κ1) is 13.7. The molecule has 0 radical (unpaired) electrons. The molecule has 0 unspecified atom stereocenters. The lowest BCUT2D eigenvalue weighted by Crippen LogP contribution is -2.11. The Bertz CT molecular complexity index is 535. The van der Waals surface area contributed by atoms with Crippen LogP contribution in [0.1, 0.15) is 10.4 Å². The van der Waals surface area contributed by atoms with E-state index in [9.17, 15) is 13.2 Å². The second kappa shape index (κ2) is 5.52. The van der Waals surface area contributed by atoms with Crippen LogP contribution in [0.4, 0.5) is 24.5 Å². The minimum atomic E-state index is -4.42. The van der Waals surface area contributed by atoms with Crippen LogP contribution in [0.3, 0.4) is 0 Å². The molecule has 0 aliphatic rings. The van der Waals surface area contributed by atoms with Gasteiger partial charge in [0.25, 0.3) is 0 Å². The Morgan fingerprint density at radius 3 is 2.63 bits per heavy atom. The molecular weight excluding hydrogens is 273 g/mol. The van der Waals surface area contributed by atoms with Gasteiger partial charge >= 0.3 is 6.18 Å². The van der Waals surface area contributed by atoms with Gasteiger partial charge in [-0.1, -0.05) is 6.07 Å². The fraction of sp³-hybridized carbons (Fsp3) is 0.231. The molecule has 3 N–H and O–H groups in total. The highest BCUT2D eigenvalue weighted by molar-refractivity contribution is 7.09. The van der Waals surface area contributed by atoms with Gasteiger partial charge in [-0.05, 0) is 36.1 Å². The predicted octanol–water partition coefficient (Wildman–Crippen LogP) is 4.00. The summed E-state index contributed by atoms with van der Waals surface area (Å²) in [5, 5.41) is 4.95. The summed E-state index contributed by atoms with van der Waals surface area (Å²) in [6.07, 6.45) is -3.64. The molecule has 0 saturated carbocycles. The summed E-state index contributed by atoms with van der Waals surface area (Å²) in [5.74, 6) is 0. The summed E-state index contributed by atoms with van der Waals surface area (Å²) in [6, 6.07) is 7.82. The van der Waals surface area contributed by atoms with Gasteiger partial charge in [0, 0.05) is 22.8 Å². The van der Waals surface area contributed by atoms with Gasteiger partial charge in [-0.2, -0.15) is 13.2 Å². The van der Waals surface area contributed by atoms with Gasteiger partial charge in [-0.3, -0.25) is 0 Å². The zero-order chi connectivity index (χ0) is 13.9. The van der Waals surface area contributed by atoms with Crippen LogP contribution in [-0.4, -0.2) is 6.54 Å². The van der Waals surface area contributed by atoms with Crippen LogP contribution in [0.5, 0.6) is 0 Å². The highest BCUT2D eigenvalue weighted by Crippen LogP contribution is 2.35. The molecule has 0 aliphatic heterocycles. The van der Waals surface area contributed by atoms with E-state index in [2.05, 4.69) is 5.32 Å². The molecular formula is C13H13F3N2S. The molecule has 0 aliphatic carbocycles. The summed E-state index contributed by atoms with van der Waals surface area (Å²) in [5.41, 5.74) is 4.71. The number of hydrogen-bond donors (Lipinski definition) is 2. The first-order chi connectivity index (χ1) is 8.97. The fourth-order valence-corrected chi connectivity index (χ4v) is 2.41. The number of halogens is 3. The van der Waals surface area contributed by atoms with Crippen LogP contribution in [0.25, 0.3) is 0 Å². The second-order valence-corrected chi connectivity index (χ2v) is 5.09. The zero-order valence-electron chi connectivity index (χ0n) is 10.00. The SMILES string of the molecule is Nc1ccc(NCCc2cccs2)cc1C(F)(F)F. The maximum atomic E-state index is 12.7. The lowest BCUT2D eigenvalue weighted by Gasteiger charge is -2.12. The minimum Gasteiger partial charge on any atom is -0.398 e. The van der Waals surface area contributed by atoms with Crippen molar-refractivity contribution >= 4 is 22.7 Å². The summed E-state index contributed by atoms with van der Waals surface area (Å²) >= 11 is 1.63. The van der Waals surface area contributed by atoms with Crippen molar-refractivity contribution in [2.24, 2.45) is 0 Å². The molecule has 0 amide bonds. The van der Waals surface area contributed by atoms with E-state index in [0.717, 1.165) is 12.5 Å². The molecule has 1 heterocycles. The van der Waals surface area contributed by atoms with E-state index < -0.39 is 11.7 Å². The van der Waals surface area contributed by atoms with E-state index in [-0.39, 0.29) is 5.69 Å². The molecule has 6 heteroatoms. The Hall–Kier alpha value is -1.69. The normalized spacial score (nSPS) is 11.5. The Kier molecular flexibility index (Phi) is 3.99. The monoisotopic (exact) mass is 286 g/mol. The van der Waals surface area contributed by atoms with Crippen molar-refractivity contribution in [3.63, 3.8) is 0 Å². The molecule has 1 aromatic carbocycles. The van der Waals surface area contributed by atoms with Gasteiger partial charge in [-0.25, -0.2) is 0 Å². The van der Waals surface area contributed by atoms with Crippen LogP contribution in [-0.2, 0) is 12.6 Å². The van der Waals surface area contributed by atoms with Crippen LogP contribution in [0, 0.1) is 0 Å². The van der Waals surface area contributed by atoms with Crippen LogP contribution in [0.15, 0.2) is 35.7 Å². The highest BCUT2D eigenvalue weighted by atomic mass is 32.1. The lowest BCUT2D eigenvalue weighted by atomic mass is 10.1. The number of alkyl halides is 3. The number of hydrogen-bond acceptors (Lipinski definition) is 3. The third kappa shape index (κ3) is 3.64. The maximum absolute atomic E-state index is 12.7. The molecule has 2 nitrogen and oxygen atoms in total. The average molecular weight is 286 g/mol. The van der Waals surface area contributed by atoms with Crippen molar-refractivity contribution < 1.29 is 13.2 Å². The maximum Gasteiger partial charge on any atom is 0.418 e. The second-order valence-electron chi connectivity index (χ2n) is 4.06. The zero-order valence-corrected chi connectivity index (χ0v) is 10.8. The van der Waals surface area contributed by atoms with Crippen LogP contribution in [0.2, 0.25) is 0 Å². The molecule has 0 spiro atoms. The lowest BCUT2D eigenvalue weighted by molar-refractivity contribution is -0.136.